The molecule has 98 valence electrons. The lowest BCUT2D eigenvalue weighted by molar-refractivity contribution is 0.0841. The lowest BCUT2D eigenvalue weighted by atomic mass is 9.90. The van der Waals surface area contributed by atoms with Crippen molar-refractivity contribution in [2.75, 3.05) is 13.1 Å². The highest BCUT2D eigenvalue weighted by Gasteiger charge is 2.24. The Morgan fingerprint density at radius 3 is 2.89 bits per heavy atom. The van der Waals surface area contributed by atoms with E-state index in [1.54, 1.807) is 6.33 Å². The van der Waals surface area contributed by atoms with E-state index in [2.05, 4.69) is 10.3 Å². The second kappa shape index (κ2) is 5.69. The van der Waals surface area contributed by atoms with E-state index in [0.29, 0.717) is 5.92 Å². The van der Waals surface area contributed by atoms with Crippen molar-refractivity contribution in [1.82, 2.24) is 14.7 Å². The van der Waals surface area contributed by atoms with Crippen LogP contribution >= 0.6 is 12.4 Å². The first-order chi connectivity index (χ1) is 8.36. The molecule has 1 aliphatic rings. The minimum atomic E-state index is -0.394. The third kappa shape index (κ3) is 2.36. The maximum absolute atomic E-state index is 10.5. The SMILES string of the molecule is Cl.OC(c1cccc2cncn12)C1CCNCC1. The zero-order chi connectivity index (χ0) is 11.7. The Hall–Kier alpha value is -1.10. The number of nitrogens with one attached hydrogen (secondary N) is 1. The van der Waals surface area contributed by atoms with Gasteiger partial charge in [0.2, 0.25) is 0 Å². The Labute approximate surface area is 112 Å². The van der Waals surface area contributed by atoms with Crippen LogP contribution in [0.3, 0.4) is 0 Å². The van der Waals surface area contributed by atoms with Crippen molar-refractivity contribution in [3.63, 3.8) is 0 Å². The van der Waals surface area contributed by atoms with Gasteiger partial charge < -0.3 is 14.8 Å². The summed E-state index contributed by atoms with van der Waals surface area (Å²) in [5.74, 6) is 0.351. The molecule has 0 radical (unpaired) electrons. The molecule has 1 atom stereocenters. The van der Waals surface area contributed by atoms with Crippen LogP contribution in [0.4, 0.5) is 0 Å². The number of aliphatic hydroxyl groups excluding tert-OH is 1. The first kappa shape index (κ1) is 13.3. The minimum absolute atomic E-state index is 0. The van der Waals surface area contributed by atoms with Gasteiger partial charge in [-0.15, -0.1) is 12.4 Å². The van der Waals surface area contributed by atoms with Gasteiger partial charge in [-0.3, -0.25) is 0 Å². The van der Waals surface area contributed by atoms with Gasteiger partial charge in [0, 0.05) is 0 Å². The number of pyridine rings is 1. The monoisotopic (exact) mass is 267 g/mol. The molecule has 1 saturated heterocycles. The van der Waals surface area contributed by atoms with Crippen LogP contribution in [0.15, 0.2) is 30.7 Å². The first-order valence-corrected chi connectivity index (χ1v) is 6.16. The number of aromatic nitrogens is 2. The number of hydrogen-bond acceptors (Lipinski definition) is 3. The number of rotatable bonds is 2. The summed E-state index contributed by atoms with van der Waals surface area (Å²) < 4.78 is 1.98. The fraction of sp³-hybridized carbons (Fsp3) is 0.462. The van der Waals surface area contributed by atoms with Crippen molar-refractivity contribution in [2.24, 2.45) is 5.92 Å². The Balaban J connectivity index is 0.00000120. The average molecular weight is 268 g/mol. The fourth-order valence-electron chi connectivity index (χ4n) is 2.61. The molecular weight excluding hydrogens is 250 g/mol. The van der Waals surface area contributed by atoms with Crippen molar-refractivity contribution >= 4 is 17.9 Å². The summed E-state index contributed by atoms with van der Waals surface area (Å²) in [6, 6.07) is 5.98. The van der Waals surface area contributed by atoms with Gasteiger partial charge in [0.25, 0.3) is 0 Å². The summed E-state index contributed by atoms with van der Waals surface area (Å²) >= 11 is 0. The molecule has 0 amide bonds. The normalized spacial score (nSPS) is 18.5. The number of imidazole rings is 1. The number of fused-ring (bicyclic) bond motifs is 1. The van der Waals surface area contributed by atoms with E-state index < -0.39 is 6.10 Å². The van der Waals surface area contributed by atoms with E-state index in [4.69, 9.17) is 0 Å². The number of hydrogen-bond donors (Lipinski definition) is 2. The smallest absolute Gasteiger partial charge is 0.0995 e. The van der Waals surface area contributed by atoms with Crippen molar-refractivity contribution < 1.29 is 5.11 Å². The Morgan fingerprint density at radius 2 is 2.11 bits per heavy atom. The summed E-state index contributed by atoms with van der Waals surface area (Å²) in [6.07, 6.45) is 5.27. The van der Waals surface area contributed by atoms with E-state index in [9.17, 15) is 5.11 Å². The minimum Gasteiger partial charge on any atom is -0.387 e. The third-order valence-electron chi connectivity index (χ3n) is 3.61. The second-order valence-corrected chi connectivity index (χ2v) is 4.67. The summed E-state index contributed by atoms with van der Waals surface area (Å²) in [5, 5.41) is 13.8. The number of aliphatic hydroxyl groups is 1. The highest BCUT2D eigenvalue weighted by molar-refractivity contribution is 5.85. The maximum atomic E-state index is 10.5. The Bertz CT molecular complexity index is 508. The Kier molecular flexibility index (Phi) is 4.22. The molecule has 5 heteroatoms. The van der Waals surface area contributed by atoms with Crippen molar-refractivity contribution in [2.45, 2.75) is 18.9 Å². The van der Waals surface area contributed by atoms with Crippen LogP contribution in [0.1, 0.15) is 24.6 Å². The van der Waals surface area contributed by atoms with E-state index in [0.717, 1.165) is 37.1 Å². The van der Waals surface area contributed by atoms with Gasteiger partial charge >= 0.3 is 0 Å². The molecule has 1 fully saturated rings. The molecule has 0 aliphatic carbocycles. The molecule has 3 rings (SSSR count). The lowest BCUT2D eigenvalue weighted by Gasteiger charge is -2.27. The fourth-order valence-corrected chi connectivity index (χ4v) is 2.61. The molecule has 2 aromatic rings. The first-order valence-electron chi connectivity index (χ1n) is 6.16. The van der Waals surface area contributed by atoms with Crippen molar-refractivity contribution in [3.8, 4) is 0 Å². The van der Waals surface area contributed by atoms with Gasteiger partial charge in [-0.1, -0.05) is 6.07 Å². The quantitative estimate of drug-likeness (QED) is 0.872. The largest absolute Gasteiger partial charge is 0.387 e. The topological polar surface area (TPSA) is 49.6 Å². The van der Waals surface area contributed by atoms with Crippen LogP contribution in [-0.4, -0.2) is 27.6 Å². The molecule has 2 aromatic heterocycles. The van der Waals surface area contributed by atoms with Gasteiger partial charge in [0.15, 0.2) is 0 Å². The van der Waals surface area contributed by atoms with Crippen LogP contribution in [0.5, 0.6) is 0 Å². The van der Waals surface area contributed by atoms with Crippen LogP contribution in [0.2, 0.25) is 0 Å². The molecule has 0 bridgehead atoms. The predicted octanol–water partition coefficient (Wildman–Crippen LogP) is 1.79. The van der Waals surface area contributed by atoms with Crippen LogP contribution in [0, 0.1) is 5.92 Å². The summed E-state index contributed by atoms with van der Waals surface area (Å²) in [5.41, 5.74) is 1.99. The average Bonchev–Trinajstić information content (AvgIpc) is 2.87. The van der Waals surface area contributed by atoms with Crippen LogP contribution in [0.25, 0.3) is 5.52 Å². The third-order valence-corrected chi connectivity index (χ3v) is 3.61. The molecule has 1 aliphatic heterocycles. The molecule has 0 spiro atoms. The summed E-state index contributed by atoms with van der Waals surface area (Å²) in [6.45, 7) is 2.00. The number of nitrogens with zero attached hydrogens (tertiary/aromatic N) is 2. The molecule has 2 N–H and O–H groups in total. The van der Waals surface area contributed by atoms with E-state index in [1.165, 1.54) is 0 Å². The zero-order valence-electron chi connectivity index (χ0n) is 10.1. The molecule has 18 heavy (non-hydrogen) atoms. The predicted molar refractivity (Wildman–Crippen MR) is 73.0 cm³/mol. The summed E-state index contributed by atoms with van der Waals surface area (Å²) in [4.78, 5) is 4.13. The van der Waals surface area contributed by atoms with Crippen molar-refractivity contribution in [3.05, 3.63) is 36.4 Å². The zero-order valence-corrected chi connectivity index (χ0v) is 10.9. The maximum Gasteiger partial charge on any atom is 0.0995 e. The van der Waals surface area contributed by atoms with Gasteiger partial charge in [-0.05, 0) is 44.0 Å². The highest BCUT2D eigenvalue weighted by Crippen LogP contribution is 2.28. The summed E-state index contributed by atoms with van der Waals surface area (Å²) in [7, 11) is 0. The van der Waals surface area contributed by atoms with E-state index in [-0.39, 0.29) is 12.4 Å². The van der Waals surface area contributed by atoms with Gasteiger partial charge in [0.05, 0.1) is 29.8 Å². The molecule has 0 aromatic carbocycles. The van der Waals surface area contributed by atoms with Crippen molar-refractivity contribution in [1.29, 1.82) is 0 Å². The molecule has 1 unspecified atom stereocenters. The molecule has 0 saturated carbocycles. The van der Waals surface area contributed by atoms with Gasteiger partial charge in [0.1, 0.15) is 0 Å². The van der Waals surface area contributed by atoms with Crippen LogP contribution < -0.4 is 5.32 Å². The Morgan fingerprint density at radius 1 is 1.33 bits per heavy atom. The molecular formula is C13H18ClN3O. The van der Waals surface area contributed by atoms with E-state index >= 15 is 0 Å². The molecule has 4 nitrogen and oxygen atoms in total. The van der Waals surface area contributed by atoms with Crippen LogP contribution in [-0.2, 0) is 0 Å². The second-order valence-electron chi connectivity index (χ2n) is 4.67. The standard InChI is InChI=1S/C13H17N3O.ClH/c17-13(10-4-6-14-7-5-10)12-3-1-2-11-8-15-9-16(11)12;/h1-3,8-10,13-14,17H,4-7H2;1H. The number of halogens is 1. The van der Waals surface area contributed by atoms with E-state index in [1.807, 2.05) is 28.8 Å². The van der Waals surface area contributed by atoms with Gasteiger partial charge in [-0.25, -0.2) is 4.98 Å². The molecule has 3 heterocycles. The number of piperidine rings is 1. The highest BCUT2D eigenvalue weighted by atomic mass is 35.5. The lowest BCUT2D eigenvalue weighted by Crippen LogP contribution is -2.31. The van der Waals surface area contributed by atoms with Gasteiger partial charge in [-0.2, -0.15) is 0 Å².